The van der Waals surface area contributed by atoms with Crippen molar-refractivity contribution in [2.24, 2.45) is 0 Å². The first-order chi connectivity index (χ1) is 6.74. The highest BCUT2D eigenvalue weighted by atomic mass is 16.1. The standard InChI is InChI=1S/C8H11N5O/c9-6-3-11-7(4-10-6)13-5-1-8(14)12-2-5/h3-5H,1-2H2,(H2,9,10)(H,11,13)(H,12,14). The van der Waals surface area contributed by atoms with E-state index in [0.29, 0.717) is 24.6 Å². The number of nitrogens with one attached hydrogen (secondary N) is 2. The molecule has 0 aliphatic carbocycles. The highest BCUT2D eigenvalue weighted by Crippen LogP contribution is 2.08. The molecular formula is C8H11N5O. The molecule has 1 aliphatic heterocycles. The van der Waals surface area contributed by atoms with E-state index >= 15 is 0 Å². The number of nitrogen functional groups attached to an aromatic ring is 1. The third-order valence-corrected chi connectivity index (χ3v) is 2.00. The van der Waals surface area contributed by atoms with E-state index in [0.717, 1.165) is 0 Å². The average Bonchev–Trinajstić information content (AvgIpc) is 2.56. The molecular weight excluding hydrogens is 182 g/mol. The van der Waals surface area contributed by atoms with E-state index in [1.807, 2.05) is 0 Å². The minimum atomic E-state index is 0.0610. The van der Waals surface area contributed by atoms with Gasteiger partial charge in [0.15, 0.2) is 0 Å². The van der Waals surface area contributed by atoms with Gasteiger partial charge in [0.05, 0.1) is 18.4 Å². The molecule has 1 aliphatic rings. The quantitative estimate of drug-likeness (QED) is 0.581. The van der Waals surface area contributed by atoms with Gasteiger partial charge in [-0.3, -0.25) is 4.79 Å². The Bertz CT molecular complexity index is 336. The lowest BCUT2D eigenvalue weighted by Gasteiger charge is -2.09. The van der Waals surface area contributed by atoms with E-state index in [1.54, 1.807) is 6.20 Å². The van der Waals surface area contributed by atoms with Crippen molar-refractivity contribution in [1.29, 1.82) is 0 Å². The molecule has 0 spiro atoms. The summed E-state index contributed by atoms with van der Waals surface area (Å²) >= 11 is 0. The summed E-state index contributed by atoms with van der Waals surface area (Å²) < 4.78 is 0. The van der Waals surface area contributed by atoms with Crippen molar-refractivity contribution < 1.29 is 4.79 Å². The summed E-state index contributed by atoms with van der Waals surface area (Å²) in [6.45, 7) is 0.630. The minimum Gasteiger partial charge on any atom is -0.382 e. The summed E-state index contributed by atoms with van der Waals surface area (Å²) in [7, 11) is 0. The Hall–Kier alpha value is -1.85. The smallest absolute Gasteiger partial charge is 0.222 e. The number of hydrogen-bond donors (Lipinski definition) is 3. The molecule has 1 fully saturated rings. The van der Waals surface area contributed by atoms with Crippen molar-refractivity contribution in [1.82, 2.24) is 15.3 Å². The molecule has 0 saturated carbocycles. The Morgan fingerprint density at radius 2 is 2.36 bits per heavy atom. The molecule has 1 saturated heterocycles. The minimum absolute atomic E-state index is 0.0610. The normalized spacial score (nSPS) is 20.6. The molecule has 1 amide bonds. The van der Waals surface area contributed by atoms with E-state index in [1.165, 1.54) is 6.20 Å². The van der Waals surface area contributed by atoms with Crippen molar-refractivity contribution in [3.63, 3.8) is 0 Å². The Morgan fingerprint density at radius 1 is 1.50 bits per heavy atom. The summed E-state index contributed by atoms with van der Waals surface area (Å²) in [5, 5.41) is 5.81. The Labute approximate surface area is 80.9 Å². The molecule has 1 unspecified atom stereocenters. The molecule has 14 heavy (non-hydrogen) atoms. The third-order valence-electron chi connectivity index (χ3n) is 2.00. The van der Waals surface area contributed by atoms with Gasteiger partial charge in [0.25, 0.3) is 0 Å². The van der Waals surface area contributed by atoms with Gasteiger partial charge in [0.2, 0.25) is 5.91 Å². The summed E-state index contributed by atoms with van der Waals surface area (Å²) in [4.78, 5) is 18.8. The molecule has 1 aromatic rings. The van der Waals surface area contributed by atoms with Crippen LogP contribution in [-0.2, 0) is 4.79 Å². The van der Waals surface area contributed by atoms with Crippen LogP contribution in [0.5, 0.6) is 0 Å². The summed E-state index contributed by atoms with van der Waals surface area (Å²) in [5.74, 6) is 1.09. The zero-order chi connectivity index (χ0) is 9.97. The fourth-order valence-electron chi connectivity index (χ4n) is 1.33. The number of amides is 1. The monoisotopic (exact) mass is 193 g/mol. The van der Waals surface area contributed by atoms with Crippen molar-refractivity contribution in [3.8, 4) is 0 Å². The van der Waals surface area contributed by atoms with Gasteiger partial charge < -0.3 is 16.4 Å². The lowest BCUT2D eigenvalue weighted by molar-refractivity contribution is -0.119. The number of aromatic nitrogens is 2. The summed E-state index contributed by atoms with van der Waals surface area (Å²) in [6, 6.07) is 0.0976. The Kier molecular flexibility index (Phi) is 2.18. The number of anilines is 2. The van der Waals surface area contributed by atoms with Gasteiger partial charge in [-0.15, -0.1) is 0 Å². The maximum Gasteiger partial charge on any atom is 0.222 e. The van der Waals surface area contributed by atoms with Crippen LogP contribution in [0.2, 0.25) is 0 Å². The van der Waals surface area contributed by atoms with Gasteiger partial charge in [-0.05, 0) is 0 Å². The summed E-state index contributed by atoms with van der Waals surface area (Å²) in [5.41, 5.74) is 5.39. The predicted octanol–water partition coefficient (Wildman–Crippen LogP) is -0.641. The van der Waals surface area contributed by atoms with Crippen LogP contribution in [0.15, 0.2) is 12.4 Å². The van der Waals surface area contributed by atoms with Crippen molar-refractivity contribution in [2.45, 2.75) is 12.5 Å². The molecule has 0 aromatic carbocycles. The van der Waals surface area contributed by atoms with Crippen LogP contribution in [0.4, 0.5) is 11.6 Å². The van der Waals surface area contributed by atoms with E-state index in [4.69, 9.17) is 5.73 Å². The van der Waals surface area contributed by atoms with E-state index in [2.05, 4.69) is 20.6 Å². The second kappa shape index (κ2) is 3.49. The molecule has 4 N–H and O–H groups in total. The van der Waals surface area contributed by atoms with Gasteiger partial charge in [0.1, 0.15) is 11.6 Å². The first-order valence-corrected chi connectivity index (χ1v) is 4.35. The summed E-state index contributed by atoms with van der Waals surface area (Å²) in [6.07, 6.45) is 3.51. The first kappa shape index (κ1) is 8.74. The van der Waals surface area contributed by atoms with Gasteiger partial charge in [-0.2, -0.15) is 0 Å². The maximum absolute atomic E-state index is 10.9. The van der Waals surface area contributed by atoms with Gasteiger partial charge >= 0.3 is 0 Å². The van der Waals surface area contributed by atoms with Crippen molar-refractivity contribution in [2.75, 3.05) is 17.6 Å². The topological polar surface area (TPSA) is 92.9 Å². The van der Waals surface area contributed by atoms with Crippen molar-refractivity contribution >= 4 is 17.5 Å². The first-order valence-electron chi connectivity index (χ1n) is 4.35. The van der Waals surface area contributed by atoms with E-state index in [9.17, 15) is 4.79 Å². The lowest BCUT2D eigenvalue weighted by atomic mass is 10.2. The van der Waals surface area contributed by atoms with Crippen LogP contribution in [-0.4, -0.2) is 28.5 Å². The SMILES string of the molecule is Nc1cnc(NC2CNC(=O)C2)cn1. The van der Waals surface area contributed by atoms with E-state index in [-0.39, 0.29) is 11.9 Å². The van der Waals surface area contributed by atoms with Crippen LogP contribution in [0, 0.1) is 0 Å². The fourth-order valence-corrected chi connectivity index (χ4v) is 1.33. The number of hydrogen-bond acceptors (Lipinski definition) is 5. The Morgan fingerprint density at radius 3 is 2.93 bits per heavy atom. The highest BCUT2D eigenvalue weighted by molar-refractivity contribution is 5.79. The molecule has 2 rings (SSSR count). The van der Waals surface area contributed by atoms with Crippen LogP contribution >= 0.6 is 0 Å². The van der Waals surface area contributed by atoms with Gasteiger partial charge in [-0.25, -0.2) is 9.97 Å². The maximum atomic E-state index is 10.9. The zero-order valence-electron chi connectivity index (χ0n) is 7.53. The molecule has 0 radical (unpaired) electrons. The second-order valence-electron chi connectivity index (χ2n) is 3.18. The number of carbonyl (C=O) groups excluding carboxylic acids is 1. The lowest BCUT2D eigenvalue weighted by Crippen LogP contribution is -2.22. The molecule has 2 heterocycles. The van der Waals surface area contributed by atoms with Gasteiger partial charge in [0, 0.05) is 13.0 Å². The van der Waals surface area contributed by atoms with Crippen LogP contribution in [0.25, 0.3) is 0 Å². The third kappa shape index (κ3) is 1.90. The molecule has 1 aromatic heterocycles. The van der Waals surface area contributed by atoms with Crippen molar-refractivity contribution in [3.05, 3.63) is 12.4 Å². The molecule has 1 atom stereocenters. The van der Waals surface area contributed by atoms with E-state index < -0.39 is 0 Å². The number of nitrogens with two attached hydrogens (primary N) is 1. The number of rotatable bonds is 2. The molecule has 0 bridgehead atoms. The molecule has 6 heteroatoms. The fraction of sp³-hybridized carbons (Fsp3) is 0.375. The number of nitrogens with zero attached hydrogens (tertiary/aromatic N) is 2. The van der Waals surface area contributed by atoms with Gasteiger partial charge in [-0.1, -0.05) is 0 Å². The zero-order valence-corrected chi connectivity index (χ0v) is 7.53. The van der Waals surface area contributed by atoms with Crippen LogP contribution < -0.4 is 16.4 Å². The predicted molar refractivity (Wildman–Crippen MR) is 51.5 cm³/mol. The largest absolute Gasteiger partial charge is 0.382 e. The highest BCUT2D eigenvalue weighted by Gasteiger charge is 2.21. The Balaban J connectivity index is 1.97. The van der Waals surface area contributed by atoms with Crippen LogP contribution in [0.1, 0.15) is 6.42 Å². The second-order valence-corrected chi connectivity index (χ2v) is 3.18. The molecule has 6 nitrogen and oxygen atoms in total. The van der Waals surface area contributed by atoms with Crippen LogP contribution in [0.3, 0.4) is 0 Å². The molecule has 74 valence electrons. The number of carbonyl (C=O) groups is 1. The average molecular weight is 193 g/mol.